The van der Waals surface area contributed by atoms with Gasteiger partial charge < -0.3 is 16.0 Å². The molecule has 0 radical (unpaired) electrons. The first-order valence-electron chi connectivity index (χ1n) is 6.79. The highest BCUT2D eigenvalue weighted by molar-refractivity contribution is 7.98. The normalized spacial score (nSPS) is 12.5. The van der Waals surface area contributed by atoms with Crippen molar-refractivity contribution in [1.82, 2.24) is 10.3 Å². The first-order chi connectivity index (χ1) is 9.72. The molecule has 1 atom stereocenters. The average Bonchev–Trinajstić information content (AvgIpc) is 2.87. The number of amides is 1. The largest absolute Gasteiger partial charge is 0.361 e. The average molecular weight is 291 g/mol. The van der Waals surface area contributed by atoms with Crippen LogP contribution in [0, 0.1) is 0 Å². The molecular weight excluding hydrogens is 270 g/mol. The van der Waals surface area contributed by atoms with Crippen LogP contribution >= 0.6 is 11.8 Å². The summed E-state index contributed by atoms with van der Waals surface area (Å²) in [6.07, 6.45) is 5.53. The Morgan fingerprint density at radius 3 is 3.05 bits per heavy atom. The molecule has 0 aliphatic rings. The second-order valence-electron chi connectivity index (χ2n) is 4.81. The number of carbonyl (C=O) groups excluding carboxylic acids is 1. The SMILES string of the molecule is CSCCCNC(=O)C(N)Cc1c[nH]c2ccccc12. The lowest BCUT2D eigenvalue weighted by Crippen LogP contribution is -2.42. The van der Waals surface area contributed by atoms with Crippen molar-refractivity contribution < 1.29 is 4.79 Å². The van der Waals surface area contributed by atoms with Crippen LogP contribution in [0.3, 0.4) is 0 Å². The van der Waals surface area contributed by atoms with E-state index in [1.54, 1.807) is 11.8 Å². The van der Waals surface area contributed by atoms with Crippen molar-refractivity contribution in [2.24, 2.45) is 5.73 Å². The molecule has 0 saturated carbocycles. The summed E-state index contributed by atoms with van der Waals surface area (Å²) in [5.41, 5.74) is 8.15. The number of para-hydroxylation sites is 1. The molecule has 2 rings (SSSR count). The molecule has 0 aliphatic heterocycles. The van der Waals surface area contributed by atoms with Crippen molar-refractivity contribution >= 4 is 28.6 Å². The van der Waals surface area contributed by atoms with Crippen molar-refractivity contribution in [2.45, 2.75) is 18.9 Å². The van der Waals surface area contributed by atoms with Gasteiger partial charge in [0.1, 0.15) is 0 Å². The molecule has 4 nitrogen and oxygen atoms in total. The summed E-state index contributed by atoms with van der Waals surface area (Å²) in [5, 5.41) is 4.03. The number of rotatable bonds is 7. The maximum atomic E-state index is 11.9. The Labute approximate surface area is 123 Å². The number of fused-ring (bicyclic) bond motifs is 1. The van der Waals surface area contributed by atoms with Gasteiger partial charge in [0, 0.05) is 23.6 Å². The minimum Gasteiger partial charge on any atom is -0.361 e. The molecule has 0 saturated heterocycles. The van der Waals surface area contributed by atoms with Gasteiger partial charge in [-0.25, -0.2) is 0 Å². The third kappa shape index (κ3) is 3.77. The Morgan fingerprint density at radius 2 is 2.25 bits per heavy atom. The van der Waals surface area contributed by atoms with Gasteiger partial charge in [-0.1, -0.05) is 18.2 Å². The van der Waals surface area contributed by atoms with E-state index in [-0.39, 0.29) is 5.91 Å². The van der Waals surface area contributed by atoms with Gasteiger partial charge in [-0.05, 0) is 36.5 Å². The lowest BCUT2D eigenvalue weighted by atomic mass is 10.1. The van der Waals surface area contributed by atoms with Gasteiger partial charge in [0.25, 0.3) is 0 Å². The van der Waals surface area contributed by atoms with Crippen LogP contribution in [0.5, 0.6) is 0 Å². The topological polar surface area (TPSA) is 70.9 Å². The van der Waals surface area contributed by atoms with Gasteiger partial charge in [0.05, 0.1) is 6.04 Å². The summed E-state index contributed by atoms with van der Waals surface area (Å²) < 4.78 is 0. The third-order valence-corrected chi connectivity index (χ3v) is 3.97. The predicted molar refractivity (Wildman–Crippen MR) is 86.0 cm³/mol. The van der Waals surface area contributed by atoms with Crippen LogP contribution in [0.4, 0.5) is 0 Å². The van der Waals surface area contributed by atoms with Gasteiger partial charge >= 0.3 is 0 Å². The number of aromatic amines is 1. The van der Waals surface area contributed by atoms with Crippen LogP contribution < -0.4 is 11.1 Å². The molecule has 1 unspecified atom stereocenters. The number of thioether (sulfide) groups is 1. The molecular formula is C15H21N3OS. The van der Waals surface area contributed by atoms with Gasteiger partial charge in [-0.15, -0.1) is 0 Å². The van der Waals surface area contributed by atoms with Crippen LogP contribution in [0.2, 0.25) is 0 Å². The van der Waals surface area contributed by atoms with Crippen LogP contribution in [0.1, 0.15) is 12.0 Å². The molecule has 20 heavy (non-hydrogen) atoms. The number of nitrogens with one attached hydrogen (secondary N) is 2. The zero-order valence-electron chi connectivity index (χ0n) is 11.7. The molecule has 0 aliphatic carbocycles. The van der Waals surface area contributed by atoms with Gasteiger partial charge in [-0.3, -0.25) is 4.79 Å². The maximum absolute atomic E-state index is 11.9. The zero-order valence-corrected chi connectivity index (χ0v) is 12.5. The third-order valence-electron chi connectivity index (χ3n) is 3.28. The van der Waals surface area contributed by atoms with Crippen LogP contribution in [-0.2, 0) is 11.2 Å². The van der Waals surface area contributed by atoms with E-state index < -0.39 is 6.04 Å². The molecule has 1 amide bonds. The van der Waals surface area contributed by atoms with Crippen molar-refractivity contribution in [3.05, 3.63) is 36.0 Å². The number of hydrogen-bond donors (Lipinski definition) is 3. The van der Waals surface area contributed by atoms with Gasteiger partial charge in [-0.2, -0.15) is 11.8 Å². The van der Waals surface area contributed by atoms with E-state index in [0.717, 1.165) is 28.6 Å². The lowest BCUT2D eigenvalue weighted by Gasteiger charge is -2.11. The lowest BCUT2D eigenvalue weighted by molar-refractivity contribution is -0.122. The number of hydrogen-bond acceptors (Lipinski definition) is 3. The molecule has 1 aromatic heterocycles. The summed E-state index contributed by atoms with van der Waals surface area (Å²) in [6, 6.07) is 7.55. The fourth-order valence-electron chi connectivity index (χ4n) is 2.19. The van der Waals surface area contributed by atoms with E-state index in [1.807, 2.05) is 30.5 Å². The standard InChI is InChI=1S/C15H21N3OS/c1-20-8-4-7-17-15(19)13(16)9-11-10-18-14-6-3-2-5-12(11)14/h2-3,5-6,10,13,18H,4,7-9,16H2,1H3,(H,17,19). The summed E-state index contributed by atoms with van der Waals surface area (Å²) in [4.78, 5) is 15.1. The van der Waals surface area contributed by atoms with E-state index in [9.17, 15) is 4.79 Å². The number of benzene rings is 1. The molecule has 5 heteroatoms. The number of nitrogens with two attached hydrogens (primary N) is 1. The van der Waals surface area contributed by atoms with E-state index in [2.05, 4.69) is 16.6 Å². The van der Waals surface area contributed by atoms with Crippen molar-refractivity contribution in [3.63, 3.8) is 0 Å². The van der Waals surface area contributed by atoms with Gasteiger partial charge in [0.2, 0.25) is 5.91 Å². The van der Waals surface area contributed by atoms with E-state index in [4.69, 9.17) is 5.73 Å². The van der Waals surface area contributed by atoms with Crippen molar-refractivity contribution in [2.75, 3.05) is 18.6 Å². The monoisotopic (exact) mass is 291 g/mol. The van der Waals surface area contributed by atoms with Crippen LogP contribution in [-0.4, -0.2) is 35.5 Å². The number of carbonyl (C=O) groups is 1. The summed E-state index contributed by atoms with van der Waals surface area (Å²) in [7, 11) is 0. The second kappa shape index (κ2) is 7.36. The fraction of sp³-hybridized carbons (Fsp3) is 0.400. The Bertz CT molecular complexity index is 567. The second-order valence-corrected chi connectivity index (χ2v) is 5.79. The Kier molecular flexibility index (Phi) is 5.49. The first-order valence-corrected chi connectivity index (χ1v) is 8.19. The Morgan fingerprint density at radius 1 is 1.45 bits per heavy atom. The van der Waals surface area contributed by atoms with E-state index in [1.165, 1.54) is 0 Å². The first kappa shape index (κ1) is 14.9. The summed E-state index contributed by atoms with van der Waals surface area (Å²) in [5.74, 6) is 0.981. The zero-order chi connectivity index (χ0) is 14.4. The van der Waals surface area contributed by atoms with Crippen LogP contribution in [0.25, 0.3) is 10.9 Å². The molecule has 0 bridgehead atoms. The van der Waals surface area contributed by atoms with Crippen LogP contribution in [0.15, 0.2) is 30.5 Å². The minimum atomic E-state index is -0.497. The molecule has 4 N–H and O–H groups in total. The maximum Gasteiger partial charge on any atom is 0.237 e. The quantitative estimate of drug-likeness (QED) is 0.682. The number of aromatic nitrogens is 1. The molecule has 108 valence electrons. The summed E-state index contributed by atoms with van der Waals surface area (Å²) >= 11 is 1.78. The predicted octanol–water partition coefficient (Wildman–Crippen LogP) is 1.91. The van der Waals surface area contributed by atoms with E-state index >= 15 is 0 Å². The summed E-state index contributed by atoms with van der Waals surface area (Å²) in [6.45, 7) is 0.696. The highest BCUT2D eigenvalue weighted by Crippen LogP contribution is 2.18. The molecule has 1 aromatic carbocycles. The Hall–Kier alpha value is -1.46. The minimum absolute atomic E-state index is 0.0728. The van der Waals surface area contributed by atoms with E-state index in [0.29, 0.717) is 13.0 Å². The Balaban J connectivity index is 1.90. The fourth-order valence-corrected chi connectivity index (χ4v) is 2.62. The highest BCUT2D eigenvalue weighted by Gasteiger charge is 2.15. The van der Waals surface area contributed by atoms with Crippen molar-refractivity contribution in [3.8, 4) is 0 Å². The van der Waals surface area contributed by atoms with Gasteiger partial charge in [0.15, 0.2) is 0 Å². The van der Waals surface area contributed by atoms with Crippen molar-refractivity contribution in [1.29, 1.82) is 0 Å². The molecule has 1 heterocycles. The molecule has 0 spiro atoms. The molecule has 0 fully saturated rings. The molecule has 2 aromatic rings. The smallest absolute Gasteiger partial charge is 0.237 e. The highest BCUT2D eigenvalue weighted by atomic mass is 32.2. The number of H-pyrrole nitrogens is 1.